The second kappa shape index (κ2) is 4.07. The Morgan fingerprint density at radius 3 is 2.69 bits per heavy atom. The van der Waals surface area contributed by atoms with E-state index in [-0.39, 0.29) is 5.54 Å². The number of halogens is 1. The van der Waals surface area contributed by atoms with Gasteiger partial charge in [0.1, 0.15) is 5.15 Å². The highest BCUT2D eigenvalue weighted by Gasteiger charge is 2.08. The van der Waals surface area contributed by atoms with Crippen molar-refractivity contribution in [1.29, 1.82) is 0 Å². The highest BCUT2D eigenvalue weighted by Crippen LogP contribution is 2.08. The van der Waals surface area contributed by atoms with Crippen LogP contribution in [0.2, 0.25) is 5.15 Å². The number of hydrogen-bond donors (Lipinski definition) is 1. The van der Waals surface area contributed by atoms with Gasteiger partial charge in [0.25, 0.3) is 0 Å². The second-order valence-corrected chi connectivity index (χ2v) is 4.48. The van der Waals surface area contributed by atoms with Crippen LogP contribution in [-0.2, 0) is 6.54 Å². The minimum Gasteiger partial charge on any atom is -0.308 e. The summed E-state index contributed by atoms with van der Waals surface area (Å²) in [5.74, 6) is 0. The summed E-state index contributed by atoms with van der Waals surface area (Å²) in [6.45, 7) is 7.23. The zero-order chi connectivity index (χ0) is 9.90. The summed E-state index contributed by atoms with van der Waals surface area (Å²) in [4.78, 5) is 3.92. The molecule has 3 heteroatoms. The predicted molar refractivity (Wildman–Crippen MR) is 55.8 cm³/mol. The highest BCUT2D eigenvalue weighted by molar-refractivity contribution is 6.29. The van der Waals surface area contributed by atoms with Crippen LogP contribution in [-0.4, -0.2) is 10.5 Å². The van der Waals surface area contributed by atoms with E-state index in [4.69, 9.17) is 11.6 Å². The van der Waals surface area contributed by atoms with E-state index in [9.17, 15) is 0 Å². The summed E-state index contributed by atoms with van der Waals surface area (Å²) < 4.78 is 0. The van der Waals surface area contributed by atoms with Crippen molar-refractivity contribution in [3.63, 3.8) is 0 Å². The second-order valence-electron chi connectivity index (χ2n) is 4.09. The van der Waals surface area contributed by atoms with Gasteiger partial charge in [0.05, 0.1) is 0 Å². The lowest BCUT2D eigenvalue weighted by Crippen LogP contribution is -2.35. The smallest absolute Gasteiger partial charge is 0.129 e. The Morgan fingerprint density at radius 2 is 2.15 bits per heavy atom. The van der Waals surface area contributed by atoms with E-state index >= 15 is 0 Å². The van der Waals surface area contributed by atoms with Crippen LogP contribution in [0.25, 0.3) is 0 Å². The van der Waals surface area contributed by atoms with E-state index in [0.717, 1.165) is 12.1 Å². The molecule has 1 heterocycles. The Morgan fingerprint density at radius 1 is 1.46 bits per heavy atom. The normalized spacial score (nSPS) is 11.7. The van der Waals surface area contributed by atoms with Crippen LogP contribution in [0, 0.1) is 0 Å². The first kappa shape index (κ1) is 10.5. The molecule has 0 aliphatic rings. The van der Waals surface area contributed by atoms with Crippen molar-refractivity contribution < 1.29 is 0 Å². The summed E-state index contributed by atoms with van der Waals surface area (Å²) in [6, 6.07) is 3.84. The van der Waals surface area contributed by atoms with Gasteiger partial charge in [-0.25, -0.2) is 4.98 Å². The van der Waals surface area contributed by atoms with Crippen molar-refractivity contribution >= 4 is 11.6 Å². The van der Waals surface area contributed by atoms with Gasteiger partial charge >= 0.3 is 0 Å². The van der Waals surface area contributed by atoms with Crippen molar-refractivity contribution in [2.24, 2.45) is 0 Å². The molecule has 0 aromatic carbocycles. The summed E-state index contributed by atoms with van der Waals surface area (Å²) >= 11 is 5.76. The summed E-state index contributed by atoms with van der Waals surface area (Å²) in [5.41, 5.74) is 1.30. The van der Waals surface area contributed by atoms with Gasteiger partial charge in [-0.15, -0.1) is 0 Å². The van der Waals surface area contributed by atoms with Crippen LogP contribution in [0.3, 0.4) is 0 Å². The third kappa shape index (κ3) is 4.25. The molecule has 0 amide bonds. The van der Waals surface area contributed by atoms with Crippen molar-refractivity contribution in [2.75, 3.05) is 0 Å². The fourth-order valence-corrected chi connectivity index (χ4v) is 1.12. The fraction of sp³-hybridized carbons (Fsp3) is 0.500. The molecule has 0 radical (unpaired) electrons. The number of hydrogen-bond acceptors (Lipinski definition) is 2. The van der Waals surface area contributed by atoms with E-state index in [1.165, 1.54) is 0 Å². The van der Waals surface area contributed by atoms with Gasteiger partial charge in [0, 0.05) is 18.3 Å². The molecule has 0 bridgehead atoms. The van der Waals surface area contributed by atoms with E-state index in [1.807, 2.05) is 12.1 Å². The Kier molecular flexibility index (Phi) is 3.28. The maximum absolute atomic E-state index is 5.76. The van der Waals surface area contributed by atoms with Gasteiger partial charge in [-0.05, 0) is 38.5 Å². The van der Waals surface area contributed by atoms with Crippen molar-refractivity contribution in [3.05, 3.63) is 29.0 Å². The molecule has 0 saturated heterocycles. The van der Waals surface area contributed by atoms with Crippen molar-refractivity contribution in [3.8, 4) is 0 Å². The summed E-state index contributed by atoms with van der Waals surface area (Å²) in [5, 5.41) is 3.93. The number of pyridine rings is 1. The molecule has 1 rings (SSSR count). The molecule has 0 saturated carbocycles. The first-order valence-corrected chi connectivity index (χ1v) is 4.71. The average molecular weight is 199 g/mol. The number of nitrogens with one attached hydrogen (secondary N) is 1. The number of aromatic nitrogens is 1. The van der Waals surface area contributed by atoms with Gasteiger partial charge < -0.3 is 5.32 Å². The average Bonchev–Trinajstić information content (AvgIpc) is 2.00. The zero-order valence-electron chi connectivity index (χ0n) is 8.26. The van der Waals surface area contributed by atoms with Crippen molar-refractivity contribution in [2.45, 2.75) is 32.9 Å². The molecular formula is C10H15ClN2. The van der Waals surface area contributed by atoms with Crippen LogP contribution in [0.1, 0.15) is 26.3 Å². The van der Waals surface area contributed by atoms with Gasteiger partial charge in [0.2, 0.25) is 0 Å². The fourth-order valence-electron chi connectivity index (χ4n) is 0.920. The topological polar surface area (TPSA) is 24.9 Å². The number of nitrogens with zero attached hydrogens (tertiary/aromatic N) is 1. The third-order valence-electron chi connectivity index (χ3n) is 1.61. The zero-order valence-corrected chi connectivity index (χ0v) is 9.02. The third-order valence-corrected chi connectivity index (χ3v) is 1.82. The van der Waals surface area contributed by atoms with Crippen LogP contribution in [0.15, 0.2) is 18.3 Å². The Hall–Kier alpha value is -0.600. The lowest BCUT2D eigenvalue weighted by Gasteiger charge is -2.20. The molecule has 0 aliphatic heterocycles. The van der Waals surface area contributed by atoms with Gasteiger partial charge in [-0.2, -0.15) is 0 Å². The molecule has 0 aliphatic carbocycles. The molecule has 72 valence electrons. The highest BCUT2D eigenvalue weighted by atomic mass is 35.5. The molecule has 1 aromatic heterocycles. The molecule has 2 nitrogen and oxygen atoms in total. The van der Waals surface area contributed by atoms with Crippen LogP contribution >= 0.6 is 11.6 Å². The molecule has 0 spiro atoms. The predicted octanol–water partition coefficient (Wildman–Crippen LogP) is 2.62. The monoisotopic (exact) mass is 198 g/mol. The number of rotatable bonds is 2. The minimum atomic E-state index is 0.135. The maximum atomic E-state index is 5.76. The van der Waals surface area contributed by atoms with E-state index in [2.05, 4.69) is 31.1 Å². The SMILES string of the molecule is CC(C)(C)NCc1ccnc(Cl)c1. The lowest BCUT2D eigenvalue weighted by atomic mass is 10.1. The molecule has 0 fully saturated rings. The standard InChI is InChI=1S/C10H15ClN2/c1-10(2,3)13-7-8-4-5-12-9(11)6-8/h4-6,13H,7H2,1-3H3. The summed E-state index contributed by atoms with van der Waals surface area (Å²) in [6.07, 6.45) is 1.72. The van der Waals surface area contributed by atoms with Crippen LogP contribution in [0.4, 0.5) is 0 Å². The van der Waals surface area contributed by atoms with E-state index < -0.39 is 0 Å². The minimum absolute atomic E-state index is 0.135. The van der Waals surface area contributed by atoms with Gasteiger partial charge in [0.15, 0.2) is 0 Å². The molecule has 0 atom stereocenters. The molecule has 1 N–H and O–H groups in total. The summed E-state index contributed by atoms with van der Waals surface area (Å²) in [7, 11) is 0. The van der Waals surface area contributed by atoms with Crippen LogP contribution < -0.4 is 5.32 Å². The molecule has 1 aromatic rings. The van der Waals surface area contributed by atoms with E-state index in [0.29, 0.717) is 5.15 Å². The Balaban J connectivity index is 2.55. The molecule has 0 unspecified atom stereocenters. The van der Waals surface area contributed by atoms with Crippen molar-refractivity contribution in [1.82, 2.24) is 10.3 Å². The lowest BCUT2D eigenvalue weighted by molar-refractivity contribution is 0.424. The van der Waals surface area contributed by atoms with E-state index in [1.54, 1.807) is 6.20 Å². The first-order valence-electron chi connectivity index (χ1n) is 4.33. The Bertz CT molecular complexity index is 278. The quantitative estimate of drug-likeness (QED) is 0.740. The Labute approximate surface area is 84.3 Å². The largest absolute Gasteiger partial charge is 0.308 e. The molecular weight excluding hydrogens is 184 g/mol. The first-order chi connectivity index (χ1) is 5.97. The van der Waals surface area contributed by atoms with Crippen LogP contribution in [0.5, 0.6) is 0 Å². The van der Waals surface area contributed by atoms with Gasteiger partial charge in [-0.3, -0.25) is 0 Å². The molecule has 13 heavy (non-hydrogen) atoms. The van der Waals surface area contributed by atoms with Gasteiger partial charge in [-0.1, -0.05) is 11.6 Å². The maximum Gasteiger partial charge on any atom is 0.129 e.